The molecule has 230 valence electrons. The first-order valence-electron chi connectivity index (χ1n) is 15.1. The van der Waals surface area contributed by atoms with E-state index >= 15 is 4.57 Å². The van der Waals surface area contributed by atoms with Crippen LogP contribution in [0.1, 0.15) is 139 Å². The molecule has 0 radical (unpaired) electrons. The summed E-state index contributed by atoms with van der Waals surface area (Å²) in [6, 6.07) is 4.02. The van der Waals surface area contributed by atoms with Gasteiger partial charge in [-0.3, -0.25) is 4.57 Å². The van der Waals surface area contributed by atoms with Crippen LogP contribution in [0.5, 0.6) is 5.75 Å². The molecule has 2 aliphatic rings. The van der Waals surface area contributed by atoms with E-state index in [4.69, 9.17) is 9.05 Å². The zero-order chi connectivity index (χ0) is 30.7. The Balaban J connectivity index is 2.07. The van der Waals surface area contributed by atoms with Gasteiger partial charge in [-0.2, -0.15) is 0 Å². The summed E-state index contributed by atoms with van der Waals surface area (Å²) in [6.45, 7) is 30.0. The number of hydrogen-bond acceptors (Lipinski definition) is 6. The van der Waals surface area contributed by atoms with Crippen molar-refractivity contribution in [2.75, 3.05) is 0 Å². The maximum Gasteiger partial charge on any atom is 0.335 e. The first-order valence-corrected chi connectivity index (χ1v) is 16.8. The molecule has 40 heavy (non-hydrogen) atoms. The molecular formula is C33H59N2O4P. The van der Waals surface area contributed by atoms with E-state index in [9.17, 15) is 5.11 Å². The molecule has 0 amide bonds. The second kappa shape index (κ2) is 10.7. The number of benzene rings is 1. The topological polar surface area (TPSA) is 79.8 Å². The molecule has 1 aromatic carbocycles. The molecule has 0 spiro atoms. The van der Waals surface area contributed by atoms with Crippen LogP contribution in [0.15, 0.2) is 12.1 Å². The predicted octanol–water partition coefficient (Wildman–Crippen LogP) is 8.33. The summed E-state index contributed by atoms with van der Waals surface area (Å²) in [5.41, 5.74) is 1.46. The van der Waals surface area contributed by atoms with E-state index in [1.807, 2.05) is 12.1 Å². The van der Waals surface area contributed by atoms with Gasteiger partial charge in [-0.1, -0.05) is 53.7 Å². The maximum absolute atomic E-state index is 15.0. The predicted molar refractivity (Wildman–Crippen MR) is 168 cm³/mol. The largest absolute Gasteiger partial charge is 0.507 e. The molecule has 3 N–H and O–H groups in total. The third-order valence-electron chi connectivity index (χ3n) is 8.09. The molecule has 0 atom stereocenters. The van der Waals surface area contributed by atoms with Crippen LogP contribution in [-0.4, -0.2) is 39.5 Å². The Hall–Kier alpha value is -0.910. The fraction of sp³-hybridized carbons (Fsp3) is 0.818. The molecule has 0 unspecified atom stereocenters. The summed E-state index contributed by atoms with van der Waals surface area (Å²) < 4.78 is 28.4. The molecule has 0 saturated carbocycles. The van der Waals surface area contributed by atoms with Gasteiger partial charge in [0.25, 0.3) is 0 Å². The molecular weight excluding hydrogens is 519 g/mol. The quantitative estimate of drug-likeness (QED) is 0.295. The molecule has 2 aliphatic heterocycles. The van der Waals surface area contributed by atoms with Gasteiger partial charge in [-0.05, 0) is 109 Å². The lowest BCUT2D eigenvalue weighted by Crippen LogP contribution is -2.60. The van der Waals surface area contributed by atoms with Crippen LogP contribution in [0.2, 0.25) is 0 Å². The number of phenols is 1. The van der Waals surface area contributed by atoms with Crippen molar-refractivity contribution in [3.8, 4) is 5.75 Å². The molecule has 0 aliphatic carbocycles. The van der Waals surface area contributed by atoms with Crippen molar-refractivity contribution < 1.29 is 18.7 Å². The minimum Gasteiger partial charge on any atom is -0.507 e. The van der Waals surface area contributed by atoms with Crippen LogP contribution < -0.4 is 10.6 Å². The normalized spacial score (nSPS) is 23.8. The summed E-state index contributed by atoms with van der Waals surface area (Å²) in [7, 11) is -3.60. The van der Waals surface area contributed by atoms with Gasteiger partial charge in [0.1, 0.15) is 5.75 Å². The van der Waals surface area contributed by atoms with Crippen LogP contribution in [-0.2, 0) is 30.6 Å². The molecule has 2 heterocycles. The number of hydrogen-bond donors (Lipinski definition) is 3. The van der Waals surface area contributed by atoms with Crippen LogP contribution in [0, 0.1) is 0 Å². The standard InChI is InChI=1S/C33H59N2O4P/c1-28(2,3)25-15-22(16-26(27(25)36)29(4,5)6)21-40(37,38-23-17-30(7,8)34-31(9,10)18-23)39-24-19-32(11,12)35-33(13,14)20-24/h15-16,23-24,34-36H,17-21H2,1-14H3. The molecule has 6 nitrogen and oxygen atoms in total. The lowest BCUT2D eigenvalue weighted by Gasteiger charge is -2.48. The molecule has 3 rings (SSSR count). The maximum atomic E-state index is 15.0. The van der Waals surface area contributed by atoms with Crippen molar-refractivity contribution >= 4 is 7.60 Å². The van der Waals surface area contributed by atoms with Gasteiger partial charge in [0.2, 0.25) is 0 Å². The second-order valence-electron chi connectivity index (χ2n) is 17.4. The summed E-state index contributed by atoms with van der Waals surface area (Å²) in [4.78, 5) is 0. The average Bonchev–Trinajstić information content (AvgIpc) is 2.61. The van der Waals surface area contributed by atoms with E-state index < -0.39 is 7.60 Å². The number of piperidine rings is 2. The molecule has 0 aromatic heterocycles. The summed E-state index contributed by atoms with van der Waals surface area (Å²) in [6.07, 6.45) is 2.80. The minimum absolute atomic E-state index is 0.146. The Morgan fingerprint density at radius 3 is 1.30 bits per heavy atom. The van der Waals surface area contributed by atoms with Crippen LogP contribution in [0.4, 0.5) is 0 Å². The fourth-order valence-corrected chi connectivity index (χ4v) is 9.35. The first kappa shape index (κ1) is 33.6. The van der Waals surface area contributed by atoms with Gasteiger partial charge in [0.15, 0.2) is 0 Å². The van der Waals surface area contributed by atoms with E-state index in [2.05, 4.69) is 108 Å². The van der Waals surface area contributed by atoms with E-state index in [0.717, 1.165) is 42.4 Å². The molecule has 1 aromatic rings. The number of rotatable bonds is 6. The highest BCUT2D eigenvalue weighted by molar-refractivity contribution is 7.53. The SMILES string of the molecule is CC1(C)CC(OP(=O)(Cc2cc(C(C)(C)C)c(O)c(C(C)(C)C)c2)OC2CC(C)(C)NC(C)(C)C2)CC(C)(C)N1. The summed E-state index contributed by atoms with van der Waals surface area (Å²) in [5, 5.41) is 18.7. The molecule has 2 saturated heterocycles. The van der Waals surface area contributed by atoms with Crippen molar-refractivity contribution in [2.45, 2.75) is 174 Å². The van der Waals surface area contributed by atoms with Crippen molar-refractivity contribution in [1.29, 1.82) is 0 Å². The second-order valence-corrected chi connectivity index (χ2v) is 19.3. The van der Waals surface area contributed by atoms with Gasteiger partial charge in [0.05, 0.1) is 18.4 Å². The Morgan fingerprint density at radius 2 is 1.02 bits per heavy atom. The van der Waals surface area contributed by atoms with E-state index in [1.165, 1.54) is 0 Å². The third-order valence-corrected chi connectivity index (χ3v) is 10.1. The highest BCUT2D eigenvalue weighted by Crippen LogP contribution is 2.57. The number of phenolic OH excluding ortho intramolecular Hbond substituents is 1. The van der Waals surface area contributed by atoms with Crippen molar-refractivity contribution in [2.24, 2.45) is 0 Å². The van der Waals surface area contributed by atoms with Crippen molar-refractivity contribution in [3.05, 3.63) is 28.8 Å². The monoisotopic (exact) mass is 578 g/mol. The van der Waals surface area contributed by atoms with Gasteiger partial charge < -0.3 is 24.8 Å². The van der Waals surface area contributed by atoms with Gasteiger partial charge in [0, 0.05) is 22.2 Å². The van der Waals surface area contributed by atoms with Crippen LogP contribution in [0.25, 0.3) is 0 Å². The van der Waals surface area contributed by atoms with Crippen LogP contribution >= 0.6 is 7.60 Å². The highest BCUT2D eigenvalue weighted by atomic mass is 31.2. The Kier molecular flexibility index (Phi) is 8.96. The molecule has 0 bridgehead atoms. The first-order chi connectivity index (χ1) is 17.7. The zero-order valence-corrected chi connectivity index (χ0v) is 28.9. The van der Waals surface area contributed by atoms with E-state index in [1.54, 1.807) is 0 Å². The smallest absolute Gasteiger partial charge is 0.335 e. The Labute approximate surface area is 245 Å². The lowest BCUT2D eigenvalue weighted by molar-refractivity contribution is 0.0120. The Morgan fingerprint density at radius 1 is 0.725 bits per heavy atom. The molecule has 7 heteroatoms. The van der Waals surface area contributed by atoms with Gasteiger partial charge >= 0.3 is 7.60 Å². The number of nitrogens with one attached hydrogen (secondary N) is 2. The summed E-state index contributed by atoms with van der Waals surface area (Å²) >= 11 is 0. The summed E-state index contributed by atoms with van der Waals surface area (Å²) in [5.74, 6) is 0.323. The Bertz CT molecular complexity index is 1010. The molecule has 2 fully saturated rings. The van der Waals surface area contributed by atoms with Crippen LogP contribution in [0.3, 0.4) is 0 Å². The van der Waals surface area contributed by atoms with Gasteiger partial charge in [-0.15, -0.1) is 0 Å². The minimum atomic E-state index is -3.60. The average molecular weight is 579 g/mol. The van der Waals surface area contributed by atoms with Gasteiger partial charge in [-0.25, -0.2) is 0 Å². The van der Waals surface area contributed by atoms with E-state index in [0.29, 0.717) is 5.75 Å². The fourth-order valence-electron chi connectivity index (χ4n) is 7.31. The highest BCUT2D eigenvalue weighted by Gasteiger charge is 2.45. The van der Waals surface area contributed by atoms with E-state index in [-0.39, 0.29) is 51.4 Å². The van der Waals surface area contributed by atoms with Crippen molar-refractivity contribution in [3.63, 3.8) is 0 Å². The van der Waals surface area contributed by atoms with Crippen molar-refractivity contribution in [1.82, 2.24) is 10.6 Å². The number of aromatic hydroxyl groups is 1. The zero-order valence-electron chi connectivity index (χ0n) is 28.0. The third kappa shape index (κ3) is 8.80. The lowest BCUT2D eigenvalue weighted by atomic mass is 9.78.